The van der Waals surface area contributed by atoms with Crippen molar-refractivity contribution in [3.63, 3.8) is 0 Å². The summed E-state index contributed by atoms with van der Waals surface area (Å²) < 4.78 is 7.92. The fourth-order valence-corrected chi connectivity index (χ4v) is 2.71. The van der Waals surface area contributed by atoms with E-state index in [1.807, 2.05) is 31.6 Å². The molecule has 1 heterocycles. The van der Waals surface area contributed by atoms with Gasteiger partial charge in [0.15, 0.2) is 0 Å². The molecule has 1 aromatic carbocycles. The highest BCUT2D eigenvalue weighted by Crippen LogP contribution is 2.33. The maximum Gasteiger partial charge on any atom is 0.242 e. The molecule has 0 aliphatic rings. The molecule has 0 saturated carbocycles. The Morgan fingerprint density at radius 2 is 2.05 bits per heavy atom. The molecule has 0 fully saturated rings. The number of aromatic nitrogens is 2. The first kappa shape index (κ1) is 14.5. The van der Waals surface area contributed by atoms with Crippen molar-refractivity contribution in [2.75, 3.05) is 0 Å². The maximum absolute atomic E-state index is 6.16. The quantitative estimate of drug-likeness (QED) is 0.635. The summed E-state index contributed by atoms with van der Waals surface area (Å²) in [5.74, 6) is 0.895. The van der Waals surface area contributed by atoms with Gasteiger partial charge in [-0.25, -0.2) is 0 Å². The molecule has 0 atom stereocenters. The SMILES string of the molecule is Cc1cccc(/N=C/c2cnn(C)c2)c1O[Si](C)(C)C. The number of para-hydroxylation sites is 1. The van der Waals surface area contributed by atoms with Gasteiger partial charge in [0, 0.05) is 25.0 Å². The zero-order valence-electron chi connectivity index (χ0n) is 12.7. The van der Waals surface area contributed by atoms with Gasteiger partial charge in [-0.3, -0.25) is 9.67 Å². The van der Waals surface area contributed by atoms with Gasteiger partial charge in [0.25, 0.3) is 0 Å². The minimum atomic E-state index is -1.66. The average Bonchev–Trinajstić information content (AvgIpc) is 2.74. The second-order valence-electron chi connectivity index (χ2n) is 5.84. The van der Waals surface area contributed by atoms with E-state index in [0.29, 0.717) is 0 Å². The van der Waals surface area contributed by atoms with Gasteiger partial charge in [0.2, 0.25) is 8.32 Å². The Morgan fingerprint density at radius 1 is 1.30 bits per heavy atom. The maximum atomic E-state index is 6.16. The zero-order chi connectivity index (χ0) is 14.8. The fourth-order valence-electron chi connectivity index (χ4n) is 1.83. The summed E-state index contributed by atoms with van der Waals surface area (Å²) in [7, 11) is 0.237. The molecular weight excluding hydrogens is 266 g/mol. The summed E-state index contributed by atoms with van der Waals surface area (Å²) in [5, 5.41) is 4.13. The molecule has 20 heavy (non-hydrogen) atoms. The van der Waals surface area contributed by atoms with Crippen molar-refractivity contribution in [3.05, 3.63) is 41.7 Å². The van der Waals surface area contributed by atoms with Crippen LogP contribution in [0.1, 0.15) is 11.1 Å². The van der Waals surface area contributed by atoms with Gasteiger partial charge in [-0.2, -0.15) is 5.10 Å². The number of nitrogens with zero attached hydrogens (tertiary/aromatic N) is 3. The van der Waals surface area contributed by atoms with Crippen LogP contribution in [0.2, 0.25) is 19.6 Å². The van der Waals surface area contributed by atoms with Crippen LogP contribution in [0.15, 0.2) is 35.6 Å². The summed E-state index contributed by atoms with van der Waals surface area (Å²) >= 11 is 0. The van der Waals surface area contributed by atoms with Crippen LogP contribution in [0.3, 0.4) is 0 Å². The smallest absolute Gasteiger partial charge is 0.242 e. The molecule has 5 heteroatoms. The first-order chi connectivity index (χ1) is 9.35. The van der Waals surface area contributed by atoms with E-state index in [1.54, 1.807) is 10.9 Å². The molecule has 0 amide bonds. The number of hydrogen-bond donors (Lipinski definition) is 0. The van der Waals surface area contributed by atoms with Gasteiger partial charge in [-0.1, -0.05) is 12.1 Å². The minimum absolute atomic E-state index is 0.872. The zero-order valence-corrected chi connectivity index (χ0v) is 13.7. The molecule has 2 rings (SSSR count). The Kier molecular flexibility index (Phi) is 4.08. The molecule has 0 aliphatic heterocycles. The largest absolute Gasteiger partial charge is 0.543 e. The van der Waals surface area contributed by atoms with Crippen molar-refractivity contribution >= 4 is 20.2 Å². The molecule has 1 aromatic heterocycles. The highest BCUT2D eigenvalue weighted by atomic mass is 28.4. The van der Waals surface area contributed by atoms with Crippen LogP contribution in [-0.4, -0.2) is 24.3 Å². The first-order valence-corrected chi connectivity index (χ1v) is 10.1. The topological polar surface area (TPSA) is 39.4 Å². The van der Waals surface area contributed by atoms with Crippen LogP contribution in [0, 0.1) is 6.92 Å². The number of aliphatic imine (C=N–C) groups is 1. The molecule has 0 N–H and O–H groups in total. The Balaban J connectivity index is 2.31. The van der Waals surface area contributed by atoms with Crippen LogP contribution < -0.4 is 4.43 Å². The van der Waals surface area contributed by atoms with Gasteiger partial charge in [-0.15, -0.1) is 0 Å². The summed E-state index contributed by atoms with van der Waals surface area (Å²) in [5.41, 5.74) is 2.97. The van der Waals surface area contributed by atoms with E-state index in [0.717, 1.165) is 22.6 Å². The van der Waals surface area contributed by atoms with Crippen LogP contribution in [0.25, 0.3) is 0 Å². The van der Waals surface area contributed by atoms with Gasteiger partial charge in [0.05, 0.1) is 6.20 Å². The Bertz CT molecular complexity index is 626. The van der Waals surface area contributed by atoms with E-state index in [-0.39, 0.29) is 0 Å². The van der Waals surface area contributed by atoms with Crippen molar-refractivity contribution in [2.45, 2.75) is 26.6 Å². The van der Waals surface area contributed by atoms with E-state index in [2.05, 4.69) is 42.7 Å². The predicted octanol–water partition coefficient (Wildman–Crippen LogP) is 3.69. The monoisotopic (exact) mass is 287 g/mol. The van der Waals surface area contributed by atoms with Crippen molar-refractivity contribution in [3.8, 4) is 5.75 Å². The van der Waals surface area contributed by atoms with Crippen molar-refractivity contribution < 1.29 is 4.43 Å². The van der Waals surface area contributed by atoms with Crippen LogP contribution in [0.4, 0.5) is 5.69 Å². The lowest BCUT2D eigenvalue weighted by molar-refractivity contribution is 0.554. The lowest BCUT2D eigenvalue weighted by Gasteiger charge is -2.22. The van der Waals surface area contributed by atoms with Crippen LogP contribution >= 0.6 is 0 Å². The highest BCUT2D eigenvalue weighted by molar-refractivity contribution is 6.70. The normalized spacial score (nSPS) is 12.1. The second kappa shape index (κ2) is 5.62. The highest BCUT2D eigenvalue weighted by Gasteiger charge is 2.19. The van der Waals surface area contributed by atoms with Crippen molar-refractivity contribution in [1.82, 2.24) is 9.78 Å². The molecule has 2 aromatic rings. The number of aryl methyl sites for hydroxylation is 2. The third kappa shape index (κ3) is 3.80. The van der Waals surface area contributed by atoms with Gasteiger partial charge >= 0.3 is 0 Å². The molecule has 0 saturated heterocycles. The lowest BCUT2D eigenvalue weighted by atomic mass is 10.2. The Labute approximate surface area is 121 Å². The summed E-state index contributed by atoms with van der Waals surface area (Å²) in [6.45, 7) is 8.58. The Morgan fingerprint density at radius 3 is 2.65 bits per heavy atom. The van der Waals surface area contributed by atoms with Crippen LogP contribution in [0.5, 0.6) is 5.75 Å². The first-order valence-electron chi connectivity index (χ1n) is 6.66. The number of benzene rings is 1. The van der Waals surface area contributed by atoms with E-state index in [1.165, 1.54) is 0 Å². The molecule has 0 bridgehead atoms. The fraction of sp³-hybridized carbons (Fsp3) is 0.333. The van der Waals surface area contributed by atoms with E-state index >= 15 is 0 Å². The summed E-state index contributed by atoms with van der Waals surface area (Å²) in [6, 6.07) is 6.04. The lowest BCUT2D eigenvalue weighted by Crippen LogP contribution is -2.29. The molecule has 106 valence electrons. The number of hydrogen-bond acceptors (Lipinski definition) is 3. The van der Waals surface area contributed by atoms with Gasteiger partial charge < -0.3 is 4.43 Å². The molecule has 4 nitrogen and oxygen atoms in total. The Hall–Kier alpha value is -1.88. The van der Waals surface area contributed by atoms with E-state index < -0.39 is 8.32 Å². The van der Waals surface area contributed by atoms with Crippen molar-refractivity contribution in [2.24, 2.45) is 12.0 Å². The molecule has 0 aliphatic carbocycles. The van der Waals surface area contributed by atoms with Crippen LogP contribution in [-0.2, 0) is 7.05 Å². The third-order valence-corrected chi connectivity index (χ3v) is 3.49. The molecular formula is C15H21N3OSi. The molecule has 0 radical (unpaired) electrons. The number of rotatable bonds is 4. The summed E-state index contributed by atoms with van der Waals surface area (Å²) in [6.07, 6.45) is 5.54. The van der Waals surface area contributed by atoms with E-state index in [4.69, 9.17) is 4.43 Å². The third-order valence-electron chi connectivity index (χ3n) is 2.68. The minimum Gasteiger partial charge on any atom is -0.543 e. The van der Waals surface area contributed by atoms with Gasteiger partial charge in [-0.05, 0) is 38.2 Å². The second-order valence-corrected chi connectivity index (χ2v) is 10.3. The predicted molar refractivity (Wildman–Crippen MR) is 85.6 cm³/mol. The van der Waals surface area contributed by atoms with E-state index in [9.17, 15) is 0 Å². The standard InChI is InChI=1S/C15H21N3OSi/c1-12-7-6-8-14(15(12)19-20(3,4)5)16-9-13-10-17-18(2)11-13/h6-11H,1-5H3/b16-9+. The summed E-state index contributed by atoms with van der Waals surface area (Å²) in [4.78, 5) is 4.55. The average molecular weight is 287 g/mol. The van der Waals surface area contributed by atoms with Gasteiger partial charge in [0.1, 0.15) is 11.4 Å². The molecule has 0 spiro atoms. The van der Waals surface area contributed by atoms with Crippen molar-refractivity contribution in [1.29, 1.82) is 0 Å². The molecule has 0 unspecified atom stereocenters.